The standard InChI is InChI=1S/C18H22ClN3O4S/c1-2-3-7-21-8-6-20-18(21)17(23)15-13-14(4-5-16(15)19)27(24,25)22-9-11-26-12-10-22/h4-6,8,13H,2-3,7,9-12H2,1H3. The number of unbranched alkanes of at least 4 members (excludes halogenated alkanes) is 1. The Hall–Kier alpha value is -1.74. The van der Waals surface area contributed by atoms with Gasteiger partial charge >= 0.3 is 0 Å². The fourth-order valence-electron chi connectivity index (χ4n) is 2.92. The normalized spacial score (nSPS) is 15.8. The highest BCUT2D eigenvalue weighted by Gasteiger charge is 2.28. The van der Waals surface area contributed by atoms with Gasteiger partial charge in [0.2, 0.25) is 15.8 Å². The van der Waals surface area contributed by atoms with Crippen molar-refractivity contribution in [2.45, 2.75) is 31.2 Å². The Balaban J connectivity index is 1.94. The van der Waals surface area contributed by atoms with E-state index >= 15 is 0 Å². The van der Waals surface area contributed by atoms with E-state index < -0.39 is 10.0 Å². The molecule has 7 nitrogen and oxygen atoms in total. The van der Waals surface area contributed by atoms with Gasteiger partial charge in [-0.15, -0.1) is 0 Å². The molecular weight excluding hydrogens is 390 g/mol. The van der Waals surface area contributed by atoms with Crippen molar-refractivity contribution in [3.8, 4) is 0 Å². The van der Waals surface area contributed by atoms with E-state index in [0.29, 0.717) is 19.8 Å². The van der Waals surface area contributed by atoms with E-state index in [2.05, 4.69) is 11.9 Å². The van der Waals surface area contributed by atoms with Gasteiger partial charge in [-0.2, -0.15) is 4.31 Å². The number of sulfonamides is 1. The fourth-order valence-corrected chi connectivity index (χ4v) is 4.56. The molecule has 3 rings (SSSR count). The number of ketones is 1. The zero-order valence-electron chi connectivity index (χ0n) is 15.1. The second-order valence-electron chi connectivity index (χ2n) is 6.29. The summed E-state index contributed by atoms with van der Waals surface area (Å²) >= 11 is 6.21. The lowest BCUT2D eigenvalue weighted by molar-refractivity contribution is 0.0730. The molecule has 1 fully saturated rings. The average molecular weight is 412 g/mol. The molecule has 1 aliphatic heterocycles. The number of aromatic nitrogens is 2. The Bertz CT molecular complexity index is 920. The topological polar surface area (TPSA) is 81.5 Å². The number of hydrogen-bond acceptors (Lipinski definition) is 5. The summed E-state index contributed by atoms with van der Waals surface area (Å²) in [5, 5.41) is 0.200. The third kappa shape index (κ3) is 4.24. The molecule has 0 radical (unpaired) electrons. The molecular formula is C18H22ClN3O4S. The van der Waals surface area contributed by atoms with Crippen molar-refractivity contribution >= 4 is 27.4 Å². The zero-order valence-corrected chi connectivity index (χ0v) is 16.7. The summed E-state index contributed by atoms with van der Waals surface area (Å²) in [6.45, 7) is 4.02. The van der Waals surface area contributed by atoms with E-state index in [-0.39, 0.29) is 40.2 Å². The Morgan fingerprint density at radius 2 is 2.04 bits per heavy atom. The lowest BCUT2D eigenvalue weighted by Crippen LogP contribution is -2.40. The van der Waals surface area contributed by atoms with Crippen LogP contribution in [0.5, 0.6) is 0 Å². The van der Waals surface area contributed by atoms with Crippen molar-refractivity contribution in [3.05, 3.63) is 47.0 Å². The lowest BCUT2D eigenvalue weighted by atomic mass is 10.1. The van der Waals surface area contributed by atoms with Gasteiger partial charge < -0.3 is 9.30 Å². The molecule has 0 spiro atoms. The van der Waals surface area contributed by atoms with Gasteiger partial charge in [-0.1, -0.05) is 24.9 Å². The highest BCUT2D eigenvalue weighted by Crippen LogP contribution is 2.25. The summed E-state index contributed by atoms with van der Waals surface area (Å²) in [5.41, 5.74) is 0.134. The summed E-state index contributed by atoms with van der Waals surface area (Å²) in [4.78, 5) is 17.2. The van der Waals surface area contributed by atoms with Gasteiger partial charge in [0, 0.05) is 37.6 Å². The zero-order chi connectivity index (χ0) is 19.4. The van der Waals surface area contributed by atoms with Crippen molar-refractivity contribution in [2.75, 3.05) is 26.3 Å². The largest absolute Gasteiger partial charge is 0.379 e. The molecule has 9 heteroatoms. The molecule has 0 saturated carbocycles. The number of imidazole rings is 1. The Morgan fingerprint density at radius 3 is 2.74 bits per heavy atom. The number of carbonyl (C=O) groups is 1. The third-order valence-corrected chi connectivity index (χ3v) is 6.69. The first-order chi connectivity index (χ1) is 12.9. The Labute approximate surface area is 164 Å². The first-order valence-corrected chi connectivity index (χ1v) is 10.7. The van der Waals surface area contributed by atoms with Crippen LogP contribution in [0.2, 0.25) is 5.02 Å². The van der Waals surface area contributed by atoms with E-state index in [4.69, 9.17) is 16.3 Å². The first kappa shape index (κ1) is 20.0. The number of rotatable bonds is 7. The van der Waals surface area contributed by atoms with Crippen LogP contribution in [0.15, 0.2) is 35.5 Å². The van der Waals surface area contributed by atoms with Gasteiger partial charge in [-0.25, -0.2) is 13.4 Å². The van der Waals surface area contributed by atoms with Gasteiger partial charge in [0.05, 0.1) is 23.1 Å². The summed E-state index contributed by atoms with van der Waals surface area (Å²) in [5.74, 6) is -0.133. The predicted molar refractivity (Wildman–Crippen MR) is 102 cm³/mol. The number of hydrogen-bond donors (Lipinski definition) is 0. The number of aryl methyl sites for hydroxylation is 1. The van der Waals surface area contributed by atoms with Gasteiger partial charge in [-0.3, -0.25) is 4.79 Å². The van der Waals surface area contributed by atoms with Crippen molar-refractivity contribution in [1.82, 2.24) is 13.9 Å². The minimum Gasteiger partial charge on any atom is -0.379 e. The quantitative estimate of drug-likeness (QED) is 0.654. The SMILES string of the molecule is CCCCn1ccnc1C(=O)c1cc(S(=O)(=O)N2CCOCC2)ccc1Cl. The second kappa shape index (κ2) is 8.52. The summed E-state index contributed by atoms with van der Waals surface area (Å²) in [6.07, 6.45) is 5.20. The molecule has 0 unspecified atom stereocenters. The predicted octanol–water partition coefficient (Wildman–Crippen LogP) is 2.59. The van der Waals surface area contributed by atoms with E-state index in [1.807, 2.05) is 0 Å². The molecule has 0 aliphatic carbocycles. The highest BCUT2D eigenvalue weighted by molar-refractivity contribution is 7.89. The van der Waals surface area contributed by atoms with Crippen molar-refractivity contribution in [1.29, 1.82) is 0 Å². The monoisotopic (exact) mass is 411 g/mol. The smallest absolute Gasteiger partial charge is 0.243 e. The van der Waals surface area contributed by atoms with Gasteiger partial charge in [0.25, 0.3) is 0 Å². The number of morpholine rings is 1. The molecule has 1 aromatic heterocycles. The van der Waals surface area contributed by atoms with Crippen LogP contribution < -0.4 is 0 Å². The number of ether oxygens (including phenoxy) is 1. The van der Waals surface area contributed by atoms with Crippen LogP contribution in [0.3, 0.4) is 0 Å². The number of benzene rings is 1. The van der Waals surface area contributed by atoms with Crippen molar-refractivity contribution in [3.63, 3.8) is 0 Å². The van der Waals surface area contributed by atoms with E-state index in [1.165, 1.54) is 22.5 Å². The molecule has 2 heterocycles. The maximum Gasteiger partial charge on any atom is 0.243 e. The number of nitrogens with zero attached hydrogens (tertiary/aromatic N) is 3. The molecule has 0 atom stereocenters. The maximum absolute atomic E-state index is 13.0. The van der Waals surface area contributed by atoms with Gasteiger partial charge in [0.15, 0.2) is 5.82 Å². The molecule has 0 amide bonds. The van der Waals surface area contributed by atoms with E-state index in [1.54, 1.807) is 17.0 Å². The average Bonchev–Trinajstić information content (AvgIpc) is 3.15. The first-order valence-electron chi connectivity index (χ1n) is 8.88. The summed E-state index contributed by atoms with van der Waals surface area (Å²) in [6, 6.07) is 4.21. The molecule has 146 valence electrons. The van der Waals surface area contributed by atoms with Crippen LogP contribution in [0.1, 0.15) is 35.9 Å². The fraction of sp³-hybridized carbons (Fsp3) is 0.444. The molecule has 1 aliphatic rings. The van der Waals surface area contributed by atoms with Crippen LogP contribution in [-0.2, 0) is 21.3 Å². The third-order valence-electron chi connectivity index (χ3n) is 4.46. The molecule has 0 N–H and O–H groups in total. The lowest BCUT2D eigenvalue weighted by Gasteiger charge is -2.26. The Morgan fingerprint density at radius 1 is 1.30 bits per heavy atom. The van der Waals surface area contributed by atoms with E-state index in [9.17, 15) is 13.2 Å². The summed E-state index contributed by atoms with van der Waals surface area (Å²) < 4.78 is 34.1. The highest BCUT2D eigenvalue weighted by atomic mass is 35.5. The maximum atomic E-state index is 13.0. The molecule has 1 saturated heterocycles. The molecule has 1 aromatic carbocycles. The molecule has 2 aromatic rings. The van der Waals surface area contributed by atoms with Crippen LogP contribution in [0.4, 0.5) is 0 Å². The van der Waals surface area contributed by atoms with Crippen LogP contribution in [0.25, 0.3) is 0 Å². The second-order valence-corrected chi connectivity index (χ2v) is 8.63. The van der Waals surface area contributed by atoms with E-state index in [0.717, 1.165) is 12.8 Å². The van der Waals surface area contributed by atoms with Crippen molar-refractivity contribution in [2.24, 2.45) is 0 Å². The van der Waals surface area contributed by atoms with Gasteiger partial charge in [-0.05, 0) is 24.6 Å². The summed E-state index contributed by atoms with van der Waals surface area (Å²) in [7, 11) is -3.71. The number of carbonyl (C=O) groups excluding carboxylic acids is 1. The molecule has 0 bridgehead atoms. The minimum absolute atomic E-state index is 0.0452. The minimum atomic E-state index is -3.71. The van der Waals surface area contributed by atoms with Gasteiger partial charge in [0.1, 0.15) is 0 Å². The van der Waals surface area contributed by atoms with Crippen LogP contribution in [0, 0.1) is 0 Å². The number of halogens is 1. The molecule has 27 heavy (non-hydrogen) atoms. The van der Waals surface area contributed by atoms with Crippen LogP contribution >= 0.6 is 11.6 Å². The van der Waals surface area contributed by atoms with Crippen molar-refractivity contribution < 1.29 is 17.9 Å². The Kier molecular flexibility index (Phi) is 6.31. The van der Waals surface area contributed by atoms with Crippen LogP contribution in [-0.4, -0.2) is 54.4 Å².